The van der Waals surface area contributed by atoms with Crippen molar-refractivity contribution in [2.24, 2.45) is 5.73 Å². The number of carboxylic acid groups (broad SMARTS) is 1. The van der Waals surface area contributed by atoms with Crippen molar-refractivity contribution in [2.75, 3.05) is 7.11 Å². The first-order valence-corrected chi connectivity index (χ1v) is 5.29. The summed E-state index contributed by atoms with van der Waals surface area (Å²) in [5.74, 6) is -1.86. The maximum atomic E-state index is 11.5. The zero-order valence-electron chi connectivity index (χ0n) is 8.54. The van der Waals surface area contributed by atoms with E-state index in [-0.39, 0.29) is 0 Å². The van der Waals surface area contributed by atoms with E-state index in [1.807, 2.05) is 0 Å². The minimum Gasteiger partial charge on any atom is -0.478 e. The molecule has 0 saturated carbocycles. The van der Waals surface area contributed by atoms with Crippen molar-refractivity contribution < 1.29 is 19.4 Å². The van der Waals surface area contributed by atoms with Gasteiger partial charge in [-0.1, -0.05) is 6.07 Å². The Labute approximate surface area is 96.0 Å². The van der Waals surface area contributed by atoms with E-state index in [0.29, 0.717) is 4.88 Å². The second-order valence-corrected chi connectivity index (χ2v) is 3.93. The number of hydrogen-bond donors (Lipinski definition) is 3. The minimum atomic E-state index is -1.38. The van der Waals surface area contributed by atoms with Gasteiger partial charge in [0.2, 0.25) is 12.1 Å². The van der Waals surface area contributed by atoms with Gasteiger partial charge < -0.3 is 20.9 Å². The highest BCUT2D eigenvalue weighted by Gasteiger charge is 2.23. The average molecular weight is 244 g/mol. The Morgan fingerprint density at radius 2 is 2.31 bits per heavy atom. The highest BCUT2D eigenvalue weighted by atomic mass is 32.1. The van der Waals surface area contributed by atoms with E-state index in [9.17, 15) is 9.59 Å². The van der Waals surface area contributed by atoms with Crippen LogP contribution in [0.2, 0.25) is 0 Å². The first kappa shape index (κ1) is 12.6. The summed E-state index contributed by atoms with van der Waals surface area (Å²) in [6.07, 6.45) is -1.38. The van der Waals surface area contributed by atoms with Crippen LogP contribution in [0, 0.1) is 0 Å². The molecule has 2 atom stereocenters. The summed E-state index contributed by atoms with van der Waals surface area (Å²) in [6, 6.07) is 2.59. The Balaban J connectivity index is 2.61. The number of methoxy groups -OCH3 is 1. The van der Waals surface area contributed by atoms with Gasteiger partial charge in [-0.3, -0.25) is 4.79 Å². The average Bonchev–Trinajstić information content (AvgIpc) is 2.77. The molecular weight excluding hydrogens is 232 g/mol. The third-order valence-corrected chi connectivity index (χ3v) is 2.82. The molecule has 88 valence electrons. The molecule has 2 unspecified atom stereocenters. The Morgan fingerprint density at radius 3 is 2.75 bits per heavy atom. The molecule has 0 saturated heterocycles. The van der Waals surface area contributed by atoms with Gasteiger partial charge in [0.15, 0.2) is 0 Å². The van der Waals surface area contributed by atoms with Gasteiger partial charge in [0.1, 0.15) is 6.04 Å². The molecule has 1 aromatic rings. The molecule has 0 fully saturated rings. The van der Waals surface area contributed by atoms with Crippen LogP contribution in [-0.4, -0.2) is 30.3 Å². The SMILES string of the molecule is COC(NC(=O)C(N)c1cccs1)C(=O)O. The van der Waals surface area contributed by atoms with Gasteiger partial charge in [-0.2, -0.15) is 0 Å². The van der Waals surface area contributed by atoms with E-state index in [2.05, 4.69) is 10.1 Å². The first-order chi connectivity index (χ1) is 7.56. The number of carboxylic acids is 1. The van der Waals surface area contributed by atoms with Crippen LogP contribution >= 0.6 is 11.3 Å². The van der Waals surface area contributed by atoms with Gasteiger partial charge in [0.05, 0.1) is 0 Å². The minimum absolute atomic E-state index is 0.586. The van der Waals surface area contributed by atoms with Gasteiger partial charge >= 0.3 is 5.97 Å². The maximum Gasteiger partial charge on any atom is 0.354 e. The van der Waals surface area contributed by atoms with Crippen molar-refractivity contribution in [1.82, 2.24) is 5.32 Å². The quantitative estimate of drug-likeness (QED) is 0.629. The second kappa shape index (κ2) is 5.59. The van der Waals surface area contributed by atoms with E-state index in [1.165, 1.54) is 18.4 Å². The molecule has 1 rings (SSSR count). The van der Waals surface area contributed by atoms with Crippen molar-refractivity contribution in [1.29, 1.82) is 0 Å². The van der Waals surface area contributed by atoms with Crippen LogP contribution < -0.4 is 11.1 Å². The van der Waals surface area contributed by atoms with Crippen molar-refractivity contribution >= 4 is 23.2 Å². The zero-order chi connectivity index (χ0) is 12.1. The number of nitrogens with one attached hydrogen (secondary N) is 1. The molecule has 0 spiro atoms. The third-order valence-electron chi connectivity index (χ3n) is 1.87. The topological polar surface area (TPSA) is 102 Å². The van der Waals surface area contributed by atoms with E-state index in [0.717, 1.165) is 0 Å². The molecular formula is C9H12N2O4S. The fourth-order valence-electron chi connectivity index (χ4n) is 1.04. The number of nitrogens with two attached hydrogens (primary N) is 1. The molecule has 1 amide bonds. The summed E-state index contributed by atoms with van der Waals surface area (Å²) in [5, 5.41) is 12.6. The molecule has 16 heavy (non-hydrogen) atoms. The number of thiophene rings is 1. The number of amides is 1. The molecule has 4 N–H and O–H groups in total. The summed E-state index contributed by atoms with van der Waals surface area (Å²) in [5.41, 5.74) is 5.64. The smallest absolute Gasteiger partial charge is 0.354 e. The van der Waals surface area contributed by atoms with E-state index in [1.54, 1.807) is 17.5 Å². The van der Waals surface area contributed by atoms with Crippen LogP contribution in [-0.2, 0) is 14.3 Å². The number of hydrogen-bond acceptors (Lipinski definition) is 5. The van der Waals surface area contributed by atoms with Crippen molar-refractivity contribution in [3.05, 3.63) is 22.4 Å². The number of carbonyl (C=O) groups excluding carboxylic acids is 1. The van der Waals surface area contributed by atoms with Crippen molar-refractivity contribution in [3.63, 3.8) is 0 Å². The molecule has 0 bridgehead atoms. The molecule has 7 heteroatoms. The molecule has 0 aliphatic carbocycles. The summed E-state index contributed by atoms with van der Waals surface area (Å²) >= 11 is 1.33. The zero-order valence-corrected chi connectivity index (χ0v) is 9.36. The normalized spacial score (nSPS) is 14.1. The van der Waals surface area contributed by atoms with Crippen LogP contribution in [0.1, 0.15) is 10.9 Å². The number of rotatable bonds is 5. The number of carbonyl (C=O) groups is 2. The standard InChI is InChI=1S/C9H12N2O4S/c1-15-8(9(13)14)11-7(12)6(10)5-3-2-4-16-5/h2-4,6,8H,10H2,1H3,(H,11,12)(H,13,14). The lowest BCUT2D eigenvalue weighted by Crippen LogP contribution is -2.45. The van der Waals surface area contributed by atoms with Crippen LogP contribution in [0.5, 0.6) is 0 Å². The fraction of sp³-hybridized carbons (Fsp3) is 0.333. The van der Waals surface area contributed by atoms with Gasteiger partial charge in [0, 0.05) is 12.0 Å². The largest absolute Gasteiger partial charge is 0.478 e. The van der Waals surface area contributed by atoms with Crippen LogP contribution in [0.15, 0.2) is 17.5 Å². The Morgan fingerprint density at radius 1 is 1.62 bits per heavy atom. The van der Waals surface area contributed by atoms with Crippen molar-refractivity contribution in [3.8, 4) is 0 Å². The Bertz CT molecular complexity index is 366. The number of aliphatic carboxylic acids is 1. The highest BCUT2D eigenvalue weighted by molar-refractivity contribution is 7.10. The van der Waals surface area contributed by atoms with Gasteiger partial charge in [-0.25, -0.2) is 4.79 Å². The third kappa shape index (κ3) is 3.02. The lowest BCUT2D eigenvalue weighted by Gasteiger charge is -2.15. The van der Waals surface area contributed by atoms with Gasteiger partial charge in [-0.05, 0) is 11.4 Å². The maximum absolute atomic E-state index is 11.5. The molecule has 0 aliphatic rings. The Hall–Kier alpha value is -1.44. The van der Waals surface area contributed by atoms with Gasteiger partial charge in [0.25, 0.3) is 0 Å². The number of ether oxygens (including phenoxy) is 1. The predicted octanol–water partition coefficient (Wildman–Crippen LogP) is -0.0788. The second-order valence-electron chi connectivity index (χ2n) is 2.96. The summed E-state index contributed by atoms with van der Waals surface area (Å²) in [4.78, 5) is 22.8. The van der Waals surface area contributed by atoms with E-state index >= 15 is 0 Å². The van der Waals surface area contributed by atoms with Crippen LogP contribution in [0.4, 0.5) is 0 Å². The molecule has 1 heterocycles. The highest BCUT2D eigenvalue weighted by Crippen LogP contribution is 2.16. The van der Waals surface area contributed by atoms with E-state index in [4.69, 9.17) is 10.8 Å². The van der Waals surface area contributed by atoms with E-state index < -0.39 is 24.1 Å². The summed E-state index contributed by atoms with van der Waals surface area (Å²) < 4.78 is 4.57. The van der Waals surface area contributed by atoms with Gasteiger partial charge in [-0.15, -0.1) is 11.3 Å². The predicted molar refractivity (Wildman–Crippen MR) is 57.8 cm³/mol. The van der Waals surface area contributed by atoms with Crippen molar-refractivity contribution in [2.45, 2.75) is 12.3 Å². The lowest BCUT2D eigenvalue weighted by molar-refractivity contribution is -0.153. The molecule has 0 radical (unpaired) electrons. The fourth-order valence-corrected chi connectivity index (χ4v) is 1.76. The monoisotopic (exact) mass is 244 g/mol. The first-order valence-electron chi connectivity index (χ1n) is 4.41. The molecule has 6 nitrogen and oxygen atoms in total. The Kier molecular flexibility index (Phi) is 4.41. The summed E-state index contributed by atoms with van der Waals surface area (Å²) in [7, 11) is 1.19. The molecule has 1 aromatic heterocycles. The van der Waals surface area contributed by atoms with Crippen LogP contribution in [0.25, 0.3) is 0 Å². The van der Waals surface area contributed by atoms with Crippen LogP contribution in [0.3, 0.4) is 0 Å². The molecule has 0 aliphatic heterocycles. The summed E-state index contributed by atoms with van der Waals surface area (Å²) in [6.45, 7) is 0. The molecule has 0 aromatic carbocycles. The lowest BCUT2D eigenvalue weighted by atomic mass is 10.2.